The largest absolute Gasteiger partial charge is 0.508 e. The summed E-state index contributed by atoms with van der Waals surface area (Å²) < 4.78 is 0. The van der Waals surface area contributed by atoms with Crippen LogP contribution in [0, 0.1) is 0 Å². The second kappa shape index (κ2) is 2.63. The van der Waals surface area contributed by atoms with Crippen LogP contribution in [-0.2, 0) is 5.41 Å². The van der Waals surface area contributed by atoms with Crippen molar-refractivity contribution in [3.8, 4) is 0 Å². The van der Waals surface area contributed by atoms with Crippen molar-refractivity contribution in [3.63, 3.8) is 0 Å². The van der Waals surface area contributed by atoms with E-state index < -0.39 is 0 Å². The lowest BCUT2D eigenvalue weighted by atomic mass is 9.97. The first kappa shape index (κ1) is 8.36. The summed E-state index contributed by atoms with van der Waals surface area (Å²) in [5.41, 5.74) is 2.60. The van der Waals surface area contributed by atoms with Gasteiger partial charge in [-0.2, -0.15) is 0 Å². The Morgan fingerprint density at radius 3 is 2.23 bits per heavy atom. The molecule has 1 nitrogen and oxygen atoms in total. The van der Waals surface area contributed by atoms with Gasteiger partial charge < -0.3 is 5.11 Å². The van der Waals surface area contributed by atoms with Gasteiger partial charge in [-0.15, -0.1) is 0 Å². The Morgan fingerprint density at radius 1 is 1.31 bits per heavy atom. The minimum absolute atomic E-state index is 0.146. The summed E-state index contributed by atoms with van der Waals surface area (Å²) in [6, 6.07) is 8.04. The van der Waals surface area contributed by atoms with Crippen LogP contribution in [0.4, 0.5) is 0 Å². The van der Waals surface area contributed by atoms with Crippen LogP contribution in [0.1, 0.15) is 30.9 Å². The number of benzene rings is 1. The molecule has 1 N–H and O–H groups in total. The van der Waals surface area contributed by atoms with Crippen LogP contribution in [0.15, 0.2) is 30.8 Å². The van der Waals surface area contributed by atoms with Crippen molar-refractivity contribution in [1.29, 1.82) is 0 Å². The summed E-state index contributed by atoms with van der Waals surface area (Å²) in [6.07, 6.45) is 2.57. The summed E-state index contributed by atoms with van der Waals surface area (Å²) in [6.45, 7) is 5.76. The molecule has 0 bridgehead atoms. The number of hydrogen-bond acceptors (Lipinski definition) is 1. The van der Waals surface area contributed by atoms with E-state index in [1.165, 1.54) is 18.4 Å². The maximum absolute atomic E-state index is 9.14. The van der Waals surface area contributed by atoms with Crippen molar-refractivity contribution in [3.05, 3.63) is 42.0 Å². The van der Waals surface area contributed by atoms with Gasteiger partial charge in [-0.1, -0.05) is 37.8 Å². The van der Waals surface area contributed by atoms with Crippen LogP contribution in [0.5, 0.6) is 0 Å². The topological polar surface area (TPSA) is 20.2 Å². The normalized spacial score (nSPS) is 18.2. The van der Waals surface area contributed by atoms with Crippen molar-refractivity contribution in [2.75, 3.05) is 0 Å². The van der Waals surface area contributed by atoms with Crippen LogP contribution in [0.3, 0.4) is 0 Å². The zero-order chi connectivity index (χ0) is 9.47. The number of aliphatic hydroxyl groups excluding tert-OH is 1. The fourth-order valence-corrected chi connectivity index (χ4v) is 1.54. The molecule has 0 unspecified atom stereocenters. The Labute approximate surface area is 78.7 Å². The van der Waals surface area contributed by atoms with Gasteiger partial charge in [0.2, 0.25) is 0 Å². The lowest BCUT2D eigenvalue weighted by Crippen LogP contribution is -1.98. The molecule has 0 heterocycles. The maximum Gasteiger partial charge on any atom is 0.115 e. The molecule has 13 heavy (non-hydrogen) atoms. The molecule has 0 aliphatic heterocycles. The van der Waals surface area contributed by atoms with Crippen LogP contribution in [0.2, 0.25) is 0 Å². The fraction of sp³-hybridized carbons (Fsp3) is 0.333. The molecule has 0 aromatic heterocycles. The first-order valence-electron chi connectivity index (χ1n) is 4.61. The summed E-state index contributed by atoms with van der Waals surface area (Å²) >= 11 is 0. The molecule has 1 saturated carbocycles. The SMILES string of the molecule is C=C(O)c1ccc(C2(C)CC2)cc1. The summed E-state index contributed by atoms with van der Waals surface area (Å²) in [4.78, 5) is 0. The van der Waals surface area contributed by atoms with Gasteiger partial charge in [0.1, 0.15) is 5.76 Å². The molecule has 2 rings (SSSR count). The molecule has 1 aromatic rings. The Hall–Kier alpha value is -1.24. The van der Waals surface area contributed by atoms with Crippen LogP contribution < -0.4 is 0 Å². The van der Waals surface area contributed by atoms with E-state index in [1.807, 2.05) is 12.1 Å². The predicted molar refractivity (Wildman–Crippen MR) is 54.7 cm³/mol. The first-order valence-corrected chi connectivity index (χ1v) is 4.61. The first-order chi connectivity index (χ1) is 6.12. The van der Waals surface area contributed by atoms with E-state index >= 15 is 0 Å². The number of rotatable bonds is 2. The lowest BCUT2D eigenvalue weighted by molar-refractivity contribution is 0.514. The summed E-state index contributed by atoms with van der Waals surface area (Å²) in [5.74, 6) is 0.146. The van der Waals surface area contributed by atoms with Crippen molar-refractivity contribution in [1.82, 2.24) is 0 Å². The van der Waals surface area contributed by atoms with Crippen LogP contribution in [0.25, 0.3) is 5.76 Å². The van der Waals surface area contributed by atoms with Crippen LogP contribution >= 0.6 is 0 Å². The van der Waals surface area contributed by atoms with E-state index in [4.69, 9.17) is 5.11 Å². The quantitative estimate of drug-likeness (QED) is 0.682. The van der Waals surface area contributed by atoms with Gasteiger partial charge in [-0.05, 0) is 23.8 Å². The minimum atomic E-state index is 0.146. The Morgan fingerprint density at radius 2 is 1.85 bits per heavy atom. The fourth-order valence-electron chi connectivity index (χ4n) is 1.54. The Kier molecular flexibility index (Phi) is 1.69. The van der Waals surface area contributed by atoms with Gasteiger partial charge in [-0.3, -0.25) is 0 Å². The van der Waals surface area contributed by atoms with E-state index in [0.717, 1.165) is 5.56 Å². The van der Waals surface area contributed by atoms with Gasteiger partial charge in [0.15, 0.2) is 0 Å². The van der Waals surface area contributed by atoms with Crippen molar-refractivity contribution in [2.45, 2.75) is 25.2 Å². The van der Waals surface area contributed by atoms with Crippen LogP contribution in [-0.4, -0.2) is 5.11 Å². The molecule has 0 amide bonds. The second-order valence-corrected chi connectivity index (χ2v) is 4.08. The van der Waals surface area contributed by atoms with Crippen molar-refractivity contribution < 1.29 is 5.11 Å². The van der Waals surface area contributed by atoms with Crippen molar-refractivity contribution in [2.24, 2.45) is 0 Å². The van der Waals surface area contributed by atoms with Crippen molar-refractivity contribution >= 4 is 5.76 Å². The highest BCUT2D eigenvalue weighted by molar-refractivity contribution is 5.56. The average molecular weight is 174 g/mol. The molecule has 1 heteroatoms. The van der Waals surface area contributed by atoms with Gasteiger partial charge in [0.05, 0.1) is 0 Å². The van der Waals surface area contributed by atoms with E-state index in [-0.39, 0.29) is 5.76 Å². The van der Waals surface area contributed by atoms with E-state index in [9.17, 15) is 0 Å². The zero-order valence-corrected chi connectivity index (χ0v) is 7.88. The molecular weight excluding hydrogens is 160 g/mol. The maximum atomic E-state index is 9.14. The summed E-state index contributed by atoms with van der Waals surface area (Å²) in [7, 11) is 0. The van der Waals surface area contributed by atoms with Gasteiger partial charge in [-0.25, -0.2) is 0 Å². The van der Waals surface area contributed by atoms with Gasteiger partial charge in [0.25, 0.3) is 0 Å². The molecule has 0 saturated heterocycles. The third kappa shape index (κ3) is 1.46. The molecule has 1 aliphatic rings. The highest BCUT2D eigenvalue weighted by Crippen LogP contribution is 2.47. The highest BCUT2D eigenvalue weighted by atomic mass is 16.3. The molecule has 0 radical (unpaired) electrons. The molecule has 0 spiro atoms. The summed E-state index contributed by atoms with van der Waals surface area (Å²) in [5, 5.41) is 9.14. The van der Waals surface area contributed by atoms with E-state index in [1.54, 1.807) is 0 Å². The van der Waals surface area contributed by atoms with Gasteiger partial charge in [0, 0.05) is 5.56 Å². The molecule has 1 aromatic carbocycles. The highest BCUT2D eigenvalue weighted by Gasteiger charge is 2.38. The third-order valence-electron chi connectivity index (χ3n) is 2.92. The second-order valence-electron chi connectivity index (χ2n) is 4.08. The molecule has 0 atom stereocenters. The van der Waals surface area contributed by atoms with E-state index in [0.29, 0.717) is 5.41 Å². The Bertz CT molecular complexity index is 331. The standard InChI is InChI=1S/C12H14O/c1-9(13)10-3-5-11(6-4-10)12(2)7-8-12/h3-6,13H,1,7-8H2,2H3. The lowest BCUT2D eigenvalue weighted by Gasteiger charge is -2.08. The zero-order valence-electron chi connectivity index (χ0n) is 7.88. The molecule has 68 valence electrons. The number of hydrogen-bond donors (Lipinski definition) is 1. The predicted octanol–water partition coefficient (Wildman–Crippen LogP) is 3.27. The van der Waals surface area contributed by atoms with E-state index in [2.05, 4.69) is 25.6 Å². The average Bonchev–Trinajstić information content (AvgIpc) is 2.85. The molecule has 1 aliphatic carbocycles. The Balaban J connectivity index is 2.28. The third-order valence-corrected chi connectivity index (χ3v) is 2.92. The van der Waals surface area contributed by atoms with Gasteiger partial charge >= 0.3 is 0 Å². The molecule has 1 fully saturated rings. The molecular formula is C12H14O. The monoisotopic (exact) mass is 174 g/mol. The minimum Gasteiger partial charge on any atom is -0.508 e. The number of aliphatic hydroxyl groups is 1. The smallest absolute Gasteiger partial charge is 0.115 e.